The van der Waals surface area contributed by atoms with Gasteiger partial charge in [0.05, 0.1) is 34.8 Å². The molecule has 6 heteroatoms. The van der Waals surface area contributed by atoms with Crippen LogP contribution in [-0.2, 0) is 0 Å². The number of nitrogens with one attached hydrogen (secondary N) is 1. The Morgan fingerprint density at radius 1 is 1.21 bits per heavy atom. The molecule has 1 aromatic heterocycles. The number of nitrogen functional groups attached to an aromatic ring is 1. The van der Waals surface area contributed by atoms with Gasteiger partial charge in [0.1, 0.15) is 11.9 Å². The fraction of sp³-hybridized carbons (Fsp3) is 0. The van der Waals surface area contributed by atoms with Crippen molar-refractivity contribution in [3.05, 3.63) is 46.1 Å². The van der Waals surface area contributed by atoms with E-state index in [9.17, 15) is 0 Å². The van der Waals surface area contributed by atoms with E-state index in [2.05, 4.69) is 26.2 Å². The maximum absolute atomic E-state index is 9.03. The van der Waals surface area contributed by atoms with Crippen LogP contribution in [-0.4, -0.2) is 4.98 Å². The van der Waals surface area contributed by atoms with Gasteiger partial charge in [-0.2, -0.15) is 10.5 Å². The smallest absolute Gasteiger partial charge is 0.148 e. The summed E-state index contributed by atoms with van der Waals surface area (Å²) in [6.07, 6.45) is 1.47. The van der Waals surface area contributed by atoms with Gasteiger partial charge in [-0.15, -0.1) is 0 Å². The largest absolute Gasteiger partial charge is 0.397 e. The standard InChI is InChI=1S/C13H8BrN5/c14-11-3-8(5-15)1-2-12(11)19-13-9(6-16)4-10(17)7-18-13/h1-4,7H,17H2,(H,18,19). The van der Waals surface area contributed by atoms with Crippen molar-refractivity contribution in [3.63, 3.8) is 0 Å². The molecule has 0 amide bonds. The molecule has 92 valence electrons. The number of nitriles is 2. The summed E-state index contributed by atoms with van der Waals surface area (Å²) in [5, 5.41) is 20.9. The van der Waals surface area contributed by atoms with Crippen molar-refractivity contribution < 1.29 is 0 Å². The number of aromatic nitrogens is 1. The summed E-state index contributed by atoms with van der Waals surface area (Å²) in [6.45, 7) is 0. The van der Waals surface area contributed by atoms with Crippen molar-refractivity contribution in [2.24, 2.45) is 0 Å². The van der Waals surface area contributed by atoms with E-state index in [0.717, 1.165) is 0 Å². The van der Waals surface area contributed by atoms with Gasteiger partial charge in [0.15, 0.2) is 0 Å². The molecule has 0 fully saturated rings. The number of hydrogen-bond donors (Lipinski definition) is 2. The normalized spacial score (nSPS) is 9.42. The van der Waals surface area contributed by atoms with E-state index in [1.54, 1.807) is 24.3 Å². The lowest BCUT2D eigenvalue weighted by molar-refractivity contribution is 1.28. The molecule has 0 spiro atoms. The molecule has 0 radical (unpaired) electrons. The van der Waals surface area contributed by atoms with E-state index in [0.29, 0.717) is 32.8 Å². The Hall–Kier alpha value is -2.57. The first-order valence-corrected chi connectivity index (χ1v) is 6.05. The Labute approximate surface area is 118 Å². The quantitative estimate of drug-likeness (QED) is 0.888. The first kappa shape index (κ1) is 12.9. The molecule has 0 aliphatic rings. The number of halogens is 1. The molecule has 0 saturated carbocycles. The van der Waals surface area contributed by atoms with Crippen LogP contribution in [0.3, 0.4) is 0 Å². The van der Waals surface area contributed by atoms with Crippen molar-refractivity contribution in [2.75, 3.05) is 11.1 Å². The van der Waals surface area contributed by atoms with Crippen LogP contribution in [0.25, 0.3) is 0 Å². The lowest BCUT2D eigenvalue weighted by Gasteiger charge is -2.09. The van der Waals surface area contributed by atoms with Gasteiger partial charge in [-0.3, -0.25) is 0 Å². The average molecular weight is 314 g/mol. The molecular formula is C13H8BrN5. The monoisotopic (exact) mass is 313 g/mol. The zero-order valence-corrected chi connectivity index (χ0v) is 11.3. The number of nitrogens with zero attached hydrogens (tertiary/aromatic N) is 3. The van der Waals surface area contributed by atoms with E-state index in [4.69, 9.17) is 16.3 Å². The molecule has 19 heavy (non-hydrogen) atoms. The molecule has 0 bridgehead atoms. The predicted molar refractivity (Wildman–Crippen MR) is 75.5 cm³/mol. The number of benzene rings is 1. The van der Waals surface area contributed by atoms with Crippen LogP contribution in [0.1, 0.15) is 11.1 Å². The third kappa shape index (κ3) is 2.82. The van der Waals surface area contributed by atoms with Crippen LogP contribution in [0.5, 0.6) is 0 Å². The number of pyridine rings is 1. The Morgan fingerprint density at radius 2 is 2.00 bits per heavy atom. The second-order valence-corrected chi connectivity index (χ2v) is 4.56. The Bertz CT molecular complexity index is 712. The first-order valence-electron chi connectivity index (χ1n) is 5.26. The van der Waals surface area contributed by atoms with Crippen molar-refractivity contribution >= 4 is 33.1 Å². The number of hydrogen-bond acceptors (Lipinski definition) is 5. The lowest BCUT2D eigenvalue weighted by atomic mass is 10.2. The van der Waals surface area contributed by atoms with E-state index in [1.807, 2.05) is 12.1 Å². The van der Waals surface area contributed by atoms with Crippen LogP contribution in [0, 0.1) is 22.7 Å². The molecule has 0 atom stereocenters. The minimum absolute atomic E-state index is 0.358. The minimum atomic E-state index is 0.358. The molecule has 2 rings (SSSR count). The zero-order chi connectivity index (χ0) is 13.8. The SMILES string of the molecule is N#Cc1ccc(Nc2ncc(N)cc2C#N)c(Br)c1. The van der Waals surface area contributed by atoms with Gasteiger partial charge < -0.3 is 11.1 Å². The number of rotatable bonds is 2. The molecule has 0 aliphatic carbocycles. The summed E-state index contributed by atoms with van der Waals surface area (Å²) < 4.78 is 0.717. The molecule has 1 aromatic carbocycles. The molecular weight excluding hydrogens is 306 g/mol. The molecule has 2 aromatic rings. The van der Waals surface area contributed by atoms with Gasteiger partial charge in [-0.05, 0) is 40.2 Å². The molecule has 0 unspecified atom stereocenters. The summed E-state index contributed by atoms with van der Waals surface area (Å²) in [5.74, 6) is 0.419. The molecule has 3 N–H and O–H groups in total. The van der Waals surface area contributed by atoms with Gasteiger partial charge in [-0.1, -0.05) is 0 Å². The average Bonchev–Trinajstić information content (AvgIpc) is 2.42. The highest BCUT2D eigenvalue weighted by Gasteiger charge is 2.07. The fourth-order valence-corrected chi connectivity index (χ4v) is 1.96. The summed E-state index contributed by atoms with van der Waals surface area (Å²) in [4.78, 5) is 4.08. The highest BCUT2D eigenvalue weighted by molar-refractivity contribution is 9.10. The van der Waals surface area contributed by atoms with Gasteiger partial charge in [0, 0.05) is 4.47 Å². The van der Waals surface area contributed by atoms with E-state index in [-0.39, 0.29) is 0 Å². The van der Waals surface area contributed by atoms with Crippen molar-refractivity contribution in [2.45, 2.75) is 0 Å². The Kier molecular flexibility index (Phi) is 3.65. The summed E-state index contributed by atoms with van der Waals surface area (Å²) in [6, 6.07) is 10.7. The third-order valence-corrected chi connectivity index (χ3v) is 3.04. The van der Waals surface area contributed by atoms with Gasteiger partial charge >= 0.3 is 0 Å². The third-order valence-electron chi connectivity index (χ3n) is 2.38. The van der Waals surface area contributed by atoms with Crippen LogP contribution in [0.15, 0.2) is 34.9 Å². The lowest BCUT2D eigenvalue weighted by Crippen LogP contribution is -1.99. The predicted octanol–water partition coefficient (Wildman–Crippen LogP) is 2.91. The second-order valence-electron chi connectivity index (χ2n) is 3.71. The molecule has 1 heterocycles. The number of nitrogens with two attached hydrogens (primary N) is 1. The van der Waals surface area contributed by atoms with Crippen molar-refractivity contribution in [1.29, 1.82) is 10.5 Å². The van der Waals surface area contributed by atoms with Crippen LogP contribution in [0.4, 0.5) is 17.2 Å². The highest BCUT2D eigenvalue weighted by atomic mass is 79.9. The van der Waals surface area contributed by atoms with E-state index < -0.39 is 0 Å². The molecule has 5 nitrogen and oxygen atoms in total. The van der Waals surface area contributed by atoms with Gasteiger partial charge in [0.2, 0.25) is 0 Å². The Morgan fingerprint density at radius 3 is 2.63 bits per heavy atom. The van der Waals surface area contributed by atoms with Crippen LogP contribution >= 0.6 is 15.9 Å². The van der Waals surface area contributed by atoms with Crippen LogP contribution < -0.4 is 11.1 Å². The summed E-state index contributed by atoms with van der Waals surface area (Å²) in [5.41, 5.74) is 7.63. The fourth-order valence-electron chi connectivity index (χ4n) is 1.48. The minimum Gasteiger partial charge on any atom is -0.397 e. The van der Waals surface area contributed by atoms with E-state index >= 15 is 0 Å². The summed E-state index contributed by atoms with van der Waals surface area (Å²) >= 11 is 3.36. The van der Waals surface area contributed by atoms with Gasteiger partial charge in [0.25, 0.3) is 0 Å². The molecule has 0 aliphatic heterocycles. The second kappa shape index (κ2) is 5.38. The van der Waals surface area contributed by atoms with Crippen molar-refractivity contribution in [1.82, 2.24) is 4.98 Å². The topological polar surface area (TPSA) is 98.5 Å². The Balaban J connectivity index is 2.37. The molecule has 0 saturated heterocycles. The van der Waals surface area contributed by atoms with Crippen molar-refractivity contribution in [3.8, 4) is 12.1 Å². The van der Waals surface area contributed by atoms with Gasteiger partial charge in [-0.25, -0.2) is 4.98 Å². The highest BCUT2D eigenvalue weighted by Crippen LogP contribution is 2.27. The first-order chi connectivity index (χ1) is 9.13. The zero-order valence-electron chi connectivity index (χ0n) is 9.68. The number of anilines is 3. The summed E-state index contributed by atoms with van der Waals surface area (Å²) in [7, 11) is 0. The van der Waals surface area contributed by atoms with E-state index in [1.165, 1.54) is 6.20 Å². The van der Waals surface area contributed by atoms with Crippen LogP contribution in [0.2, 0.25) is 0 Å². The maximum Gasteiger partial charge on any atom is 0.148 e. The maximum atomic E-state index is 9.03.